The van der Waals surface area contributed by atoms with E-state index in [-0.39, 0.29) is 5.78 Å². The summed E-state index contributed by atoms with van der Waals surface area (Å²) < 4.78 is 23.2. The van der Waals surface area contributed by atoms with Crippen LogP contribution < -0.4 is 4.90 Å². The molecule has 1 aliphatic carbocycles. The summed E-state index contributed by atoms with van der Waals surface area (Å²) in [7, 11) is -2.92. The molecule has 0 unspecified atom stereocenters. The summed E-state index contributed by atoms with van der Waals surface area (Å²) in [4.78, 5) is 27.5. The van der Waals surface area contributed by atoms with Gasteiger partial charge in [-0.05, 0) is 29.9 Å². The Balaban J connectivity index is 1.39. The number of aromatic amines is 1. The van der Waals surface area contributed by atoms with E-state index >= 15 is 0 Å². The van der Waals surface area contributed by atoms with Crippen LogP contribution in [-0.2, 0) is 9.84 Å². The van der Waals surface area contributed by atoms with Gasteiger partial charge in [-0.3, -0.25) is 4.79 Å². The zero-order chi connectivity index (χ0) is 22.8. The molecule has 32 heavy (non-hydrogen) atoms. The predicted octanol–water partition coefficient (Wildman–Crippen LogP) is 3.58. The smallest absolute Gasteiger partial charge is 0.171 e. The van der Waals surface area contributed by atoms with Crippen molar-refractivity contribution < 1.29 is 13.2 Å². The topological polar surface area (TPSA) is 96.0 Å². The second kappa shape index (κ2) is 7.13. The average molecular weight is 453 g/mol. The number of Topliss-reactive ketones (excluding diaryl/α,β-unsaturated/α-hetero) is 1. The number of anilines is 1. The van der Waals surface area contributed by atoms with Crippen LogP contribution in [0.5, 0.6) is 0 Å². The van der Waals surface area contributed by atoms with Gasteiger partial charge in [0.15, 0.2) is 11.4 Å². The van der Waals surface area contributed by atoms with Crippen LogP contribution in [0.25, 0.3) is 22.4 Å². The van der Waals surface area contributed by atoms with Crippen molar-refractivity contribution in [1.82, 2.24) is 15.0 Å². The Kier molecular flexibility index (Phi) is 4.71. The van der Waals surface area contributed by atoms with Crippen molar-refractivity contribution in [3.05, 3.63) is 42.2 Å². The fourth-order valence-corrected chi connectivity index (χ4v) is 6.12. The number of ketones is 1. The number of sulfone groups is 1. The lowest BCUT2D eigenvalue weighted by atomic mass is 9.87. The van der Waals surface area contributed by atoms with Crippen molar-refractivity contribution >= 4 is 32.5 Å². The van der Waals surface area contributed by atoms with Gasteiger partial charge in [0, 0.05) is 42.2 Å². The van der Waals surface area contributed by atoms with E-state index in [0.29, 0.717) is 40.2 Å². The number of nitrogens with zero attached hydrogens (tertiary/aromatic N) is 3. The Bertz CT molecular complexity index is 1310. The molecule has 0 spiro atoms. The van der Waals surface area contributed by atoms with Crippen LogP contribution in [0, 0.1) is 23.2 Å². The minimum atomic E-state index is -2.92. The molecule has 1 N–H and O–H groups in total. The van der Waals surface area contributed by atoms with Gasteiger partial charge in [0.1, 0.15) is 15.4 Å². The highest BCUT2D eigenvalue weighted by Gasteiger charge is 2.56. The normalized spacial score (nSPS) is 22.9. The monoisotopic (exact) mass is 452 g/mol. The van der Waals surface area contributed by atoms with Gasteiger partial charge in [0.05, 0.1) is 23.2 Å². The van der Waals surface area contributed by atoms with Crippen LogP contribution in [0.2, 0.25) is 0 Å². The second-order valence-corrected chi connectivity index (χ2v) is 12.5. The highest BCUT2D eigenvalue weighted by atomic mass is 32.2. The molecule has 2 aliphatic rings. The zero-order valence-electron chi connectivity index (χ0n) is 18.8. The van der Waals surface area contributed by atoms with Crippen LogP contribution in [-0.4, -0.2) is 54.3 Å². The first-order valence-electron chi connectivity index (χ1n) is 10.9. The Morgan fingerprint density at radius 2 is 1.94 bits per heavy atom. The minimum Gasteiger partial charge on any atom is -0.371 e. The number of benzene rings is 1. The summed E-state index contributed by atoms with van der Waals surface area (Å²) >= 11 is 0. The highest BCUT2D eigenvalue weighted by molar-refractivity contribution is 7.90. The maximum Gasteiger partial charge on any atom is 0.171 e. The van der Waals surface area contributed by atoms with E-state index in [1.54, 1.807) is 12.4 Å². The molecule has 0 radical (unpaired) electrons. The minimum absolute atomic E-state index is 0.0314. The molecule has 3 atom stereocenters. The average Bonchev–Trinajstić information content (AvgIpc) is 3.11. The summed E-state index contributed by atoms with van der Waals surface area (Å²) in [5.74, 6) is 1.58. The van der Waals surface area contributed by atoms with Crippen molar-refractivity contribution in [2.45, 2.75) is 20.8 Å². The Morgan fingerprint density at radius 1 is 1.22 bits per heavy atom. The Labute approximate surface area is 188 Å². The Hall–Kier alpha value is -2.74. The fourth-order valence-electron chi connectivity index (χ4n) is 4.93. The van der Waals surface area contributed by atoms with Crippen molar-refractivity contribution in [2.75, 3.05) is 30.0 Å². The molecule has 168 valence electrons. The van der Waals surface area contributed by atoms with E-state index in [9.17, 15) is 13.2 Å². The first-order valence-corrected chi connectivity index (χ1v) is 13.0. The SMILES string of the molecule is CC(C)(C)C(=O)c1c[nH]c2ncc(-c3cccc(N4C[C@@H]5[C@H](C4)[C@@H]5CS(C)(=O)=O)c3)nc12. The van der Waals surface area contributed by atoms with Crippen molar-refractivity contribution in [1.29, 1.82) is 0 Å². The molecule has 1 aromatic carbocycles. The number of rotatable bonds is 5. The van der Waals surface area contributed by atoms with E-state index in [1.807, 2.05) is 32.9 Å². The molecule has 1 aliphatic heterocycles. The summed E-state index contributed by atoms with van der Waals surface area (Å²) in [6, 6.07) is 8.19. The molecule has 3 heterocycles. The molecule has 3 aromatic rings. The molecular formula is C24H28N4O3S. The second-order valence-electron chi connectivity index (χ2n) is 10.3. The Morgan fingerprint density at radius 3 is 2.59 bits per heavy atom. The van der Waals surface area contributed by atoms with E-state index in [4.69, 9.17) is 4.98 Å². The molecule has 2 aromatic heterocycles. The third-order valence-corrected chi connectivity index (χ3v) is 7.67. The van der Waals surface area contributed by atoms with E-state index in [2.05, 4.69) is 27.0 Å². The van der Waals surface area contributed by atoms with Gasteiger partial charge in [-0.2, -0.15) is 0 Å². The fraction of sp³-hybridized carbons (Fsp3) is 0.458. The van der Waals surface area contributed by atoms with E-state index in [1.165, 1.54) is 6.26 Å². The number of H-pyrrole nitrogens is 1. The molecule has 8 heteroatoms. The van der Waals surface area contributed by atoms with Crippen LogP contribution in [0.3, 0.4) is 0 Å². The van der Waals surface area contributed by atoms with E-state index in [0.717, 1.165) is 30.0 Å². The maximum atomic E-state index is 12.8. The first kappa shape index (κ1) is 21.1. The molecular weight excluding hydrogens is 424 g/mol. The van der Waals surface area contributed by atoms with Crippen LogP contribution in [0.15, 0.2) is 36.7 Å². The number of hydrogen-bond donors (Lipinski definition) is 1. The number of fused-ring (bicyclic) bond motifs is 2. The van der Waals surface area contributed by atoms with Gasteiger partial charge in [-0.25, -0.2) is 18.4 Å². The van der Waals surface area contributed by atoms with Crippen molar-refractivity contribution in [2.24, 2.45) is 23.2 Å². The summed E-state index contributed by atoms with van der Waals surface area (Å²) in [6.07, 6.45) is 4.75. The predicted molar refractivity (Wildman–Crippen MR) is 126 cm³/mol. The molecule has 0 bridgehead atoms. The summed E-state index contributed by atoms with van der Waals surface area (Å²) in [6.45, 7) is 7.48. The van der Waals surface area contributed by atoms with E-state index < -0.39 is 15.3 Å². The number of aromatic nitrogens is 3. The molecule has 2 fully saturated rings. The van der Waals surface area contributed by atoms with Gasteiger partial charge >= 0.3 is 0 Å². The molecule has 7 nitrogen and oxygen atoms in total. The first-order chi connectivity index (χ1) is 15.0. The quantitative estimate of drug-likeness (QED) is 0.595. The number of carbonyl (C=O) groups is 1. The standard InChI is InChI=1S/C24H28N4O3S/c1-24(2,3)22(29)16-9-25-23-21(16)27-20(10-26-23)14-6-5-7-15(8-14)28-11-17-18(12-28)19(17)13-32(4,30)31/h5-10,17-19H,11-13H2,1-4H3,(H,25,26)/t17-,18+,19-. The molecule has 1 saturated carbocycles. The van der Waals surface area contributed by atoms with Crippen LogP contribution >= 0.6 is 0 Å². The number of nitrogens with one attached hydrogen (secondary N) is 1. The third kappa shape index (κ3) is 3.81. The van der Waals surface area contributed by atoms with Crippen LogP contribution in [0.4, 0.5) is 5.69 Å². The number of hydrogen-bond acceptors (Lipinski definition) is 6. The largest absolute Gasteiger partial charge is 0.371 e. The molecule has 5 rings (SSSR count). The maximum absolute atomic E-state index is 12.8. The summed E-state index contributed by atoms with van der Waals surface area (Å²) in [5, 5.41) is 0. The van der Waals surface area contributed by atoms with Gasteiger partial charge < -0.3 is 9.88 Å². The van der Waals surface area contributed by atoms with Crippen molar-refractivity contribution in [3.8, 4) is 11.3 Å². The molecule has 1 saturated heterocycles. The van der Waals surface area contributed by atoms with Crippen LogP contribution in [0.1, 0.15) is 31.1 Å². The third-order valence-electron chi connectivity index (χ3n) is 6.68. The lowest BCUT2D eigenvalue weighted by Crippen LogP contribution is -2.25. The summed E-state index contributed by atoms with van der Waals surface area (Å²) in [5.41, 5.74) is 4.04. The number of piperidine rings is 1. The van der Waals surface area contributed by atoms with Gasteiger partial charge in [0.2, 0.25) is 0 Å². The van der Waals surface area contributed by atoms with Crippen molar-refractivity contribution in [3.63, 3.8) is 0 Å². The lowest BCUT2D eigenvalue weighted by Gasteiger charge is -2.22. The van der Waals surface area contributed by atoms with Gasteiger partial charge in [0.25, 0.3) is 0 Å². The zero-order valence-corrected chi connectivity index (χ0v) is 19.6. The van der Waals surface area contributed by atoms with Gasteiger partial charge in [-0.15, -0.1) is 0 Å². The highest BCUT2D eigenvalue weighted by Crippen LogP contribution is 2.53. The lowest BCUT2D eigenvalue weighted by molar-refractivity contribution is 0.0860. The number of carbonyl (C=O) groups excluding carboxylic acids is 1. The molecule has 0 amide bonds. The van der Waals surface area contributed by atoms with Gasteiger partial charge in [-0.1, -0.05) is 32.9 Å².